The number of ether oxygens (including phenoxy) is 2. The van der Waals surface area contributed by atoms with Crippen LogP contribution in [0.25, 0.3) is 0 Å². The molecule has 1 aliphatic heterocycles. The zero-order valence-corrected chi connectivity index (χ0v) is 16.0. The first-order chi connectivity index (χ1) is 12.0. The molecule has 1 fully saturated rings. The lowest BCUT2D eigenvalue weighted by Gasteiger charge is -2.33. The highest BCUT2D eigenvalue weighted by molar-refractivity contribution is 5.95. The van der Waals surface area contributed by atoms with Crippen molar-refractivity contribution < 1.29 is 14.3 Å². The molecule has 1 N–H and O–H groups in total. The summed E-state index contributed by atoms with van der Waals surface area (Å²) in [5, 5.41) is 3.22. The first kappa shape index (κ1) is 19.6. The van der Waals surface area contributed by atoms with E-state index in [0.29, 0.717) is 35.5 Å². The highest BCUT2D eigenvalue weighted by Gasteiger charge is 2.24. The van der Waals surface area contributed by atoms with E-state index in [4.69, 9.17) is 9.47 Å². The number of hydrogen-bond acceptors (Lipinski definition) is 4. The van der Waals surface area contributed by atoms with Gasteiger partial charge >= 0.3 is 0 Å². The molecule has 1 atom stereocenters. The third-order valence-corrected chi connectivity index (χ3v) is 4.66. The van der Waals surface area contributed by atoms with Gasteiger partial charge in [0.2, 0.25) is 0 Å². The van der Waals surface area contributed by atoms with E-state index in [0.717, 1.165) is 32.5 Å². The van der Waals surface area contributed by atoms with E-state index in [-0.39, 0.29) is 5.91 Å². The predicted molar refractivity (Wildman–Crippen MR) is 100 cm³/mol. The molecule has 5 nitrogen and oxygen atoms in total. The molecule has 1 aromatic carbocycles. The SMILES string of the molecule is CNCC1CCCN(C(=O)c2ccc(OCCC(C)C)c(OC)c2)C1. The summed E-state index contributed by atoms with van der Waals surface area (Å²) in [4.78, 5) is 14.8. The van der Waals surface area contributed by atoms with E-state index in [1.54, 1.807) is 13.2 Å². The summed E-state index contributed by atoms with van der Waals surface area (Å²) in [6.45, 7) is 7.59. The monoisotopic (exact) mass is 348 g/mol. The molecular weight excluding hydrogens is 316 g/mol. The van der Waals surface area contributed by atoms with Crippen LogP contribution >= 0.6 is 0 Å². The molecule has 0 spiro atoms. The zero-order valence-electron chi connectivity index (χ0n) is 16.0. The lowest BCUT2D eigenvalue weighted by Crippen LogP contribution is -2.42. The predicted octanol–water partition coefficient (Wildman–Crippen LogP) is 3.19. The van der Waals surface area contributed by atoms with Crippen LogP contribution in [0.3, 0.4) is 0 Å². The maximum Gasteiger partial charge on any atom is 0.254 e. The Morgan fingerprint density at radius 2 is 2.16 bits per heavy atom. The summed E-state index contributed by atoms with van der Waals surface area (Å²) in [7, 11) is 3.58. The Hall–Kier alpha value is -1.75. The molecule has 2 rings (SSSR count). The molecular formula is C20H32N2O3. The van der Waals surface area contributed by atoms with Gasteiger partial charge in [0.25, 0.3) is 5.91 Å². The van der Waals surface area contributed by atoms with Crippen LogP contribution in [0.5, 0.6) is 11.5 Å². The Bertz CT molecular complexity index is 558. The number of methoxy groups -OCH3 is 1. The first-order valence-electron chi connectivity index (χ1n) is 9.29. The fourth-order valence-electron chi connectivity index (χ4n) is 3.21. The summed E-state index contributed by atoms with van der Waals surface area (Å²) in [6.07, 6.45) is 3.23. The summed E-state index contributed by atoms with van der Waals surface area (Å²) in [6, 6.07) is 5.49. The highest BCUT2D eigenvalue weighted by atomic mass is 16.5. The van der Waals surface area contributed by atoms with Gasteiger partial charge in [0.1, 0.15) is 0 Å². The molecule has 0 radical (unpaired) electrons. The van der Waals surface area contributed by atoms with E-state index in [9.17, 15) is 4.79 Å². The maximum absolute atomic E-state index is 12.8. The molecule has 0 aliphatic carbocycles. The molecule has 1 aromatic rings. The lowest BCUT2D eigenvalue weighted by atomic mass is 9.97. The lowest BCUT2D eigenvalue weighted by molar-refractivity contribution is 0.0674. The Morgan fingerprint density at radius 1 is 1.36 bits per heavy atom. The third-order valence-electron chi connectivity index (χ3n) is 4.66. The first-order valence-corrected chi connectivity index (χ1v) is 9.29. The number of nitrogens with zero attached hydrogens (tertiary/aromatic N) is 1. The van der Waals surface area contributed by atoms with Crippen LogP contribution in [0.15, 0.2) is 18.2 Å². The Morgan fingerprint density at radius 3 is 2.84 bits per heavy atom. The van der Waals surface area contributed by atoms with Gasteiger partial charge in [-0.05, 0) is 62.9 Å². The van der Waals surface area contributed by atoms with Crippen molar-refractivity contribution in [3.63, 3.8) is 0 Å². The second-order valence-corrected chi connectivity index (χ2v) is 7.21. The quantitative estimate of drug-likeness (QED) is 0.784. The molecule has 0 bridgehead atoms. The molecule has 0 aromatic heterocycles. The van der Waals surface area contributed by atoms with Crippen LogP contribution in [0.4, 0.5) is 0 Å². The molecule has 1 unspecified atom stereocenters. The normalized spacial score (nSPS) is 17.6. The highest BCUT2D eigenvalue weighted by Crippen LogP contribution is 2.29. The summed E-state index contributed by atoms with van der Waals surface area (Å²) in [5.41, 5.74) is 0.665. The zero-order chi connectivity index (χ0) is 18.2. The largest absolute Gasteiger partial charge is 0.493 e. The topological polar surface area (TPSA) is 50.8 Å². The number of amides is 1. The fourth-order valence-corrected chi connectivity index (χ4v) is 3.21. The average molecular weight is 348 g/mol. The van der Waals surface area contributed by atoms with Crippen molar-refractivity contribution >= 4 is 5.91 Å². The van der Waals surface area contributed by atoms with Gasteiger partial charge in [0.05, 0.1) is 13.7 Å². The molecule has 1 saturated heterocycles. The molecule has 1 amide bonds. The molecule has 0 saturated carbocycles. The van der Waals surface area contributed by atoms with Gasteiger partial charge in [-0.25, -0.2) is 0 Å². The van der Waals surface area contributed by atoms with Gasteiger partial charge in [-0.3, -0.25) is 4.79 Å². The maximum atomic E-state index is 12.8. The fraction of sp³-hybridized carbons (Fsp3) is 0.650. The number of likely N-dealkylation sites (tertiary alicyclic amines) is 1. The van der Waals surface area contributed by atoms with E-state index in [1.165, 1.54) is 6.42 Å². The molecule has 1 heterocycles. The van der Waals surface area contributed by atoms with E-state index < -0.39 is 0 Å². The van der Waals surface area contributed by atoms with Gasteiger partial charge in [0, 0.05) is 18.7 Å². The van der Waals surface area contributed by atoms with Gasteiger partial charge in [0.15, 0.2) is 11.5 Å². The van der Waals surface area contributed by atoms with Gasteiger partial charge in [-0.1, -0.05) is 13.8 Å². The summed E-state index contributed by atoms with van der Waals surface area (Å²) in [5.74, 6) is 2.53. The smallest absolute Gasteiger partial charge is 0.254 e. The molecule has 1 aliphatic rings. The van der Waals surface area contributed by atoms with Crippen LogP contribution in [-0.4, -0.2) is 51.2 Å². The number of benzene rings is 1. The van der Waals surface area contributed by atoms with Crippen LogP contribution in [0, 0.1) is 11.8 Å². The van der Waals surface area contributed by atoms with Crippen LogP contribution < -0.4 is 14.8 Å². The molecule has 140 valence electrons. The van der Waals surface area contributed by atoms with Gasteiger partial charge in [-0.2, -0.15) is 0 Å². The summed E-state index contributed by atoms with van der Waals surface area (Å²) >= 11 is 0. The Balaban J connectivity index is 2.04. The Kier molecular flexibility index (Phi) is 7.56. The van der Waals surface area contributed by atoms with E-state index in [1.807, 2.05) is 24.1 Å². The van der Waals surface area contributed by atoms with Crippen molar-refractivity contribution in [2.45, 2.75) is 33.1 Å². The Labute approximate surface area is 151 Å². The summed E-state index contributed by atoms with van der Waals surface area (Å²) < 4.78 is 11.2. The standard InChI is InChI=1S/C20H32N2O3/c1-15(2)9-11-25-18-8-7-17(12-19(18)24-4)20(23)22-10-5-6-16(14-22)13-21-3/h7-8,12,15-16,21H,5-6,9-11,13-14H2,1-4H3. The van der Waals surface area contributed by atoms with Crippen molar-refractivity contribution in [3.05, 3.63) is 23.8 Å². The number of rotatable bonds is 8. The van der Waals surface area contributed by atoms with Gasteiger partial charge < -0.3 is 19.7 Å². The average Bonchev–Trinajstić information content (AvgIpc) is 2.61. The second kappa shape index (κ2) is 9.66. The minimum Gasteiger partial charge on any atom is -0.493 e. The number of carbonyl (C=O) groups excluding carboxylic acids is 1. The molecule has 5 heteroatoms. The number of nitrogens with one attached hydrogen (secondary N) is 1. The second-order valence-electron chi connectivity index (χ2n) is 7.21. The van der Waals surface area contributed by atoms with Gasteiger partial charge in [-0.15, -0.1) is 0 Å². The van der Waals surface area contributed by atoms with Crippen molar-refractivity contribution in [2.24, 2.45) is 11.8 Å². The minimum atomic E-state index is 0.0767. The van der Waals surface area contributed by atoms with Crippen molar-refractivity contribution in [1.29, 1.82) is 0 Å². The number of piperidine rings is 1. The third kappa shape index (κ3) is 5.63. The van der Waals surface area contributed by atoms with Crippen LogP contribution in [0.2, 0.25) is 0 Å². The van der Waals surface area contributed by atoms with Crippen LogP contribution in [-0.2, 0) is 0 Å². The van der Waals surface area contributed by atoms with Crippen molar-refractivity contribution in [3.8, 4) is 11.5 Å². The minimum absolute atomic E-state index is 0.0767. The van der Waals surface area contributed by atoms with E-state index in [2.05, 4.69) is 19.2 Å². The number of hydrogen-bond donors (Lipinski definition) is 1. The van der Waals surface area contributed by atoms with Crippen molar-refractivity contribution in [1.82, 2.24) is 10.2 Å². The molecule has 25 heavy (non-hydrogen) atoms. The number of carbonyl (C=O) groups is 1. The van der Waals surface area contributed by atoms with Crippen molar-refractivity contribution in [2.75, 3.05) is 40.4 Å². The van der Waals surface area contributed by atoms with Crippen LogP contribution in [0.1, 0.15) is 43.5 Å². The van der Waals surface area contributed by atoms with E-state index >= 15 is 0 Å².